The summed E-state index contributed by atoms with van der Waals surface area (Å²) in [6, 6.07) is 9.97. The number of aldehydes is 1. The minimum atomic E-state index is -1.01. The quantitative estimate of drug-likeness (QED) is 0.469. The van der Waals surface area contributed by atoms with Gasteiger partial charge in [0.2, 0.25) is 0 Å². The van der Waals surface area contributed by atoms with Gasteiger partial charge in [-0.15, -0.1) is 0 Å². The Labute approximate surface area is 165 Å². The average Bonchev–Trinajstić information content (AvgIpc) is 2.54. The largest absolute Gasteiger partial charge is 0.478 e. The zero-order chi connectivity index (χ0) is 18.8. The monoisotopic (exact) mass is 416 g/mol. The van der Waals surface area contributed by atoms with Crippen LogP contribution in [0.15, 0.2) is 48.6 Å². The Hall–Kier alpha value is -1.78. The summed E-state index contributed by atoms with van der Waals surface area (Å²) in [5, 5.41) is 10.5. The number of hydrogen-bond donors (Lipinski definition) is 1. The summed E-state index contributed by atoms with van der Waals surface area (Å²) in [6.45, 7) is 0. The number of aliphatic carboxylic acids is 1. The lowest BCUT2D eigenvalue weighted by atomic mass is 10.2. The van der Waals surface area contributed by atoms with Gasteiger partial charge in [-0.05, 0) is 47.5 Å². The molecule has 0 atom stereocenters. The molecule has 0 saturated carbocycles. The summed E-state index contributed by atoms with van der Waals surface area (Å²) in [5.41, 5.74) is 1.42. The number of benzene rings is 2. The SMILES string of the molecule is O=C(O)/C=C/c1ccc(Cl)cc1Cl.O=C/C=C/c1ccc(Cl)cc1Cl. The van der Waals surface area contributed by atoms with Crippen LogP contribution in [0.1, 0.15) is 11.1 Å². The number of rotatable bonds is 4. The second kappa shape index (κ2) is 11.0. The highest BCUT2D eigenvalue weighted by atomic mass is 35.5. The van der Waals surface area contributed by atoms with E-state index >= 15 is 0 Å². The van der Waals surface area contributed by atoms with Crippen LogP contribution in [0.2, 0.25) is 20.1 Å². The van der Waals surface area contributed by atoms with Crippen LogP contribution in [-0.2, 0) is 9.59 Å². The van der Waals surface area contributed by atoms with E-state index in [-0.39, 0.29) is 0 Å². The maximum atomic E-state index is 10.2. The molecule has 2 aromatic carbocycles. The standard InChI is InChI=1S/C9H6Cl2O2.C9H6Cl2O/c10-7-3-1-6(8(11)5-7)2-4-9(12)13;10-8-4-3-7(2-1-5-12)9(11)6-8/h1-5H,(H,12,13);1-6H/b4-2+;2-1+. The molecule has 0 aliphatic heterocycles. The van der Waals surface area contributed by atoms with Crippen LogP contribution in [0, 0.1) is 0 Å². The van der Waals surface area contributed by atoms with Crippen molar-refractivity contribution in [2.75, 3.05) is 0 Å². The molecule has 2 aromatic rings. The van der Waals surface area contributed by atoms with Crippen molar-refractivity contribution in [1.82, 2.24) is 0 Å². The van der Waals surface area contributed by atoms with E-state index in [1.54, 1.807) is 42.5 Å². The number of halogens is 4. The first kappa shape index (κ1) is 21.3. The molecule has 0 saturated heterocycles. The Balaban J connectivity index is 0.000000251. The molecular formula is C18H12Cl4O3. The van der Waals surface area contributed by atoms with Gasteiger partial charge in [-0.3, -0.25) is 4.79 Å². The molecule has 0 heterocycles. The number of carbonyl (C=O) groups is 2. The van der Waals surface area contributed by atoms with Gasteiger partial charge >= 0.3 is 5.97 Å². The minimum absolute atomic E-state index is 0.435. The molecule has 0 amide bonds. The van der Waals surface area contributed by atoms with Gasteiger partial charge in [-0.2, -0.15) is 0 Å². The molecule has 0 aromatic heterocycles. The Morgan fingerprint density at radius 3 is 1.72 bits per heavy atom. The van der Waals surface area contributed by atoms with Crippen LogP contribution >= 0.6 is 46.4 Å². The Morgan fingerprint density at radius 2 is 1.32 bits per heavy atom. The van der Waals surface area contributed by atoms with E-state index in [2.05, 4.69) is 0 Å². The molecule has 7 heteroatoms. The normalized spacial score (nSPS) is 10.6. The van der Waals surface area contributed by atoms with Crippen LogP contribution in [0.5, 0.6) is 0 Å². The highest BCUT2D eigenvalue weighted by Crippen LogP contribution is 2.22. The van der Waals surface area contributed by atoms with Crippen molar-refractivity contribution in [1.29, 1.82) is 0 Å². The minimum Gasteiger partial charge on any atom is -0.478 e. The molecule has 0 aliphatic rings. The number of carboxylic acid groups (broad SMARTS) is 1. The van der Waals surface area contributed by atoms with Crippen molar-refractivity contribution in [2.45, 2.75) is 0 Å². The maximum absolute atomic E-state index is 10.2. The van der Waals surface area contributed by atoms with Gasteiger partial charge < -0.3 is 5.11 Å². The van der Waals surface area contributed by atoms with E-state index in [0.717, 1.165) is 11.6 Å². The molecule has 0 unspecified atom stereocenters. The van der Waals surface area contributed by atoms with Gasteiger partial charge in [0.05, 0.1) is 0 Å². The topological polar surface area (TPSA) is 54.4 Å². The van der Waals surface area contributed by atoms with Crippen molar-refractivity contribution in [3.8, 4) is 0 Å². The molecule has 130 valence electrons. The summed E-state index contributed by atoms with van der Waals surface area (Å²) in [4.78, 5) is 20.2. The van der Waals surface area contributed by atoms with E-state index in [0.29, 0.717) is 31.9 Å². The lowest BCUT2D eigenvalue weighted by molar-refractivity contribution is -0.131. The van der Waals surface area contributed by atoms with E-state index < -0.39 is 5.97 Å². The Kier molecular flexibility index (Phi) is 9.32. The van der Waals surface area contributed by atoms with E-state index in [4.69, 9.17) is 51.5 Å². The predicted molar refractivity (Wildman–Crippen MR) is 105 cm³/mol. The second-order valence-electron chi connectivity index (χ2n) is 4.50. The van der Waals surface area contributed by atoms with Crippen LogP contribution < -0.4 is 0 Å². The fourth-order valence-corrected chi connectivity index (χ4v) is 2.52. The fourth-order valence-electron chi connectivity index (χ4n) is 1.58. The number of allylic oxidation sites excluding steroid dienone is 1. The molecule has 0 radical (unpaired) electrons. The van der Waals surface area contributed by atoms with Gasteiger partial charge in [0.15, 0.2) is 0 Å². The number of hydrogen-bond acceptors (Lipinski definition) is 2. The van der Waals surface area contributed by atoms with Gasteiger partial charge in [-0.25, -0.2) is 4.79 Å². The van der Waals surface area contributed by atoms with Gasteiger partial charge in [0.25, 0.3) is 0 Å². The molecule has 1 N–H and O–H groups in total. The van der Waals surface area contributed by atoms with Crippen molar-refractivity contribution in [3.63, 3.8) is 0 Å². The van der Waals surface area contributed by atoms with Crippen molar-refractivity contribution < 1.29 is 14.7 Å². The highest BCUT2D eigenvalue weighted by Gasteiger charge is 1.98. The molecular weight excluding hydrogens is 406 g/mol. The molecule has 3 nitrogen and oxygen atoms in total. The lowest BCUT2D eigenvalue weighted by Crippen LogP contribution is -1.85. The third kappa shape index (κ3) is 8.23. The van der Waals surface area contributed by atoms with Gasteiger partial charge in [-0.1, -0.05) is 64.6 Å². The molecule has 0 fully saturated rings. The first-order valence-corrected chi connectivity index (χ1v) is 8.27. The second-order valence-corrected chi connectivity index (χ2v) is 6.19. The molecule has 2 rings (SSSR count). The molecule has 0 aliphatic carbocycles. The third-order valence-corrected chi connectivity index (χ3v) is 3.81. The van der Waals surface area contributed by atoms with E-state index in [1.807, 2.05) is 0 Å². The zero-order valence-electron chi connectivity index (χ0n) is 12.6. The summed E-state index contributed by atoms with van der Waals surface area (Å²) in [7, 11) is 0. The van der Waals surface area contributed by atoms with Gasteiger partial charge in [0.1, 0.15) is 6.29 Å². The van der Waals surface area contributed by atoms with Gasteiger partial charge in [0, 0.05) is 26.2 Å². The van der Waals surface area contributed by atoms with E-state index in [9.17, 15) is 9.59 Å². The highest BCUT2D eigenvalue weighted by molar-refractivity contribution is 6.36. The first-order chi connectivity index (χ1) is 11.8. The van der Waals surface area contributed by atoms with Crippen LogP contribution in [0.4, 0.5) is 0 Å². The Morgan fingerprint density at radius 1 is 0.840 bits per heavy atom. The first-order valence-electron chi connectivity index (χ1n) is 6.76. The maximum Gasteiger partial charge on any atom is 0.328 e. The molecule has 25 heavy (non-hydrogen) atoms. The van der Waals surface area contributed by atoms with E-state index in [1.165, 1.54) is 12.2 Å². The lowest BCUT2D eigenvalue weighted by Gasteiger charge is -1.97. The van der Waals surface area contributed by atoms with Crippen LogP contribution in [0.3, 0.4) is 0 Å². The zero-order valence-corrected chi connectivity index (χ0v) is 15.7. The molecule has 0 spiro atoms. The fraction of sp³-hybridized carbons (Fsp3) is 0. The Bertz CT molecular complexity index is 814. The average molecular weight is 418 g/mol. The van der Waals surface area contributed by atoms with Crippen molar-refractivity contribution in [3.05, 3.63) is 79.8 Å². The third-order valence-electron chi connectivity index (χ3n) is 2.68. The summed E-state index contributed by atoms with van der Waals surface area (Å²) in [6.07, 6.45) is 6.15. The molecule has 0 bridgehead atoms. The summed E-state index contributed by atoms with van der Waals surface area (Å²) >= 11 is 22.9. The summed E-state index contributed by atoms with van der Waals surface area (Å²) < 4.78 is 0. The van der Waals surface area contributed by atoms with Crippen molar-refractivity contribution >= 4 is 70.8 Å². The van der Waals surface area contributed by atoms with Crippen molar-refractivity contribution in [2.24, 2.45) is 0 Å². The predicted octanol–water partition coefficient (Wildman–Crippen LogP) is 6.30. The van der Waals surface area contributed by atoms with Crippen LogP contribution in [0.25, 0.3) is 12.2 Å². The smallest absolute Gasteiger partial charge is 0.328 e. The number of carbonyl (C=O) groups excluding carboxylic acids is 1. The number of carboxylic acids is 1. The summed E-state index contributed by atoms with van der Waals surface area (Å²) in [5.74, 6) is -1.01. The van der Waals surface area contributed by atoms with Crippen LogP contribution in [-0.4, -0.2) is 17.4 Å².